The number of nitrogens with zero attached hydrogens (tertiary/aromatic N) is 1. The van der Waals surface area contributed by atoms with Gasteiger partial charge in [-0.15, -0.1) is 0 Å². The monoisotopic (exact) mass is 275 g/mol. The first-order chi connectivity index (χ1) is 9.56. The zero-order valence-corrected chi connectivity index (χ0v) is 11.0. The number of benzene rings is 1. The Morgan fingerprint density at radius 3 is 2.65 bits per heavy atom. The second-order valence-corrected chi connectivity index (χ2v) is 3.97. The van der Waals surface area contributed by atoms with Crippen LogP contribution < -0.4 is 0 Å². The highest BCUT2D eigenvalue weighted by Crippen LogP contribution is 2.24. The highest BCUT2D eigenvalue weighted by atomic mass is 16.5. The van der Waals surface area contributed by atoms with Gasteiger partial charge in [-0.3, -0.25) is 0 Å². The third-order valence-electron chi connectivity index (χ3n) is 2.68. The topological polar surface area (TPSA) is 85.7 Å². The van der Waals surface area contributed by atoms with E-state index in [2.05, 4.69) is 9.72 Å². The minimum atomic E-state index is -0.618. The predicted molar refractivity (Wildman–Crippen MR) is 70.7 cm³/mol. The van der Waals surface area contributed by atoms with Crippen LogP contribution in [0.2, 0.25) is 0 Å². The van der Waals surface area contributed by atoms with Crippen molar-refractivity contribution in [2.24, 2.45) is 0 Å². The fourth-order valence-corrected chi connectivity index (χ4v) is 1.80. The largest absolute Gasteiger partial charge is 0.508 e. The fraction of sp³-hybridized carbons (Fsp3) is 0.214. The Balaban J connectivity index is 2.67. The Morgan fingerprint density at radius 2 is 2.00 bits per heavy atom. The number of carbonyl (C=O) groups is 2. The molecule has 0 radical (unpaired) electrons. The molecule has 0 aliphatic heterocycles. The molecule has 20 heavy (non-hydrogen) atoms. The molecule has 0 fully saturated rings. The third-order valence-corrected chi connectivity index (χ3v) is 2.68. The Hall–Kier alpha value is -2.63. The van der Waals surface area contributed by atoms with Crippen LogP contribution in [-0.2, 0) is 9.47 Å². The average Bonchev–Trinajstić information content (AvgIpc) is 2.45. The summed E-state index contributed by atoms with van der Waals surface area (Å²) in [7, 11) is 1.24. The van der Waals surface area contributed by atoms with E-state index in [9.17, 15) is 14.7 Å². The minimum absolute atomic E-state index is 0.00617. The fourth-order valence-electron chi connectivity index (χ4n) is 1.80. The van der Waals surface area contributed by atoms with Crippen LogP contribution in [0.25, 0.3) is 10.9 Å². The van der Waals surface area contributed by atoms with Crippen LogP contribution in [0.15, 0.2) is 24.3 Å². The van der Waals surface area contributed by atoms with Crippen molar-refractivity contribution in [1.82, 2.24) is 4.98 Å². The lowest BCUT2D eigenvalue weighted by molar-refractivity contribution is 0.0520. The second-order valence-electron chi connectivity index (χ2n) is 3.97. The SMILES string of the molecule is CCOC(=O)c1cc(C(=O)OC)c2cc(O)ccc2n1. The summed E-state index contributed by atoms with van der Waals surface area (Å²) < 4.78 is 9.54. The van der Waals surface area contributed by atoms with Crippen LogP contribution in [0, 0.1) is 0 Å². The van der Waals surface area contributed by atoms with Gasteiger partial charge in [0.1, 0.15) is 11.4 Å². The molecule has 0 saturated carbocycles. The zero-order valence-electron chi connectivity index (χ0n) is 11.0. The maximum Gasteiger partial charge on any atom is 0.356 e. The van der Waals surface area contributed by atoms with Crippen LogP contribution >= 0.6 is 0 Å². The number of hydrogen-bond donors (Lipinski definition) is 1. The van der Waals surface area contributed by atoms with E-state index >= 15 is 0 Å². The Labute approximate surface area is 115 Å². The number of phenols is 1. The molecule has 0 aliphatic rings. The van der Waals surface area contributed by atoms with Crippen molar-refractivity contribution in [3.05, 3.63) is 35.5 Å². The molecule has 0 bridgehead atoms. The highest BCUT2D eigenvalue weighted by molar-refractivity contribution is 6.06. The summed E-state index contributed by atoms with van der Waals surface area (Å²) in [5.74, 6) is -1.24. The quantitative estimate of drug-likeness (QED) is 0.861. The number of phenolic OH excluding ortho intramolecular Hbond substituents is 1. The summed E-state index contributed by atoms with van der Waals surface area (Å²) in [6, 6.07) is 5.63. The van der Waals surface area contributed by atoms with Gasteiger partial charge < -0.3 is 14.6 Å². The number of methoxy groups -OCH3 is 1. The first kappa shape index (κ1) is 13.8. The number of carbonyl (C=O) groups excluding carboxylic acids is 2. The van der Waals surface area contributed by atoms with Crippen LogP contribution in [-0.4, -0.2) is 35.7 Å². The van der Waals surface area contributed by atoms with E-state index in [0.29, 0.717) is 10.9 Å². The third kappa shape index (κ3) is 2.54. The van der Waals surface area contributed by atoms with Crippen LogP contribution in [0.1, 0.15) is 27.8 Å². The molecule has 0 atom stereocenters. The standard InChI is InChI=1S/C14H13NO5/c1-3-20-14(18)12-7-10(13(17)19-2)9-6-8(16)4-5-11(9)15-12/h4-7,16H,3H2,1-2H3. The molecule has 2 aromatic rings. The summed E-state index contributed by atoms with van der Waals surface area (Å²) >= 11 is 0. The molecule has 0 unspecified atom stereocenters. The number of hydrogen-bond acceptors (Lipinski definition) is 6. The molecule has 2 rings (SSSR count). The summed E-state index contributed by atoms with van der Waals surface area (Å²) in [6.07, 6.45) is 0. The lowest BCUT2D eigenvalue weighted by Crippen LogP contribution is -2.11. The van der Waals surface area contributed by atoms with Gasteiger partial charge in [-0.2, -0.15) is 0 Å². The molecule has 6 nitrogen and oxygen atoms in total. The Morgan fingerprint density at radius 1 is 1.25 bits per heavy atom. The van der Waals surface area contributed by atoms with Crippen LogP contribution in [0.4, 0.5) is 0 Å². The molecule has 1 N–H and O–H groups in total. The molecule has 0 saturated heterocycles. The minimum Gasteiger partial charge on any atom is -0.508 e. The number of pyridine rings is 1. The Kier molecular flexibility index (Phi) is 3.84. The number of aromatic nitrogens is 1. The number of aromatic hydroxyl groups is 1. The van der Waals surface area contributed by atoms with E-state index in [0.717, 1.165) is 0 Å². The van der Waals surface area contributed by atoms with E-state index in [-0.39, 0.29) is 23.6 Å². The summed E-state index contributed by atoms with van der Waals surface area (Å²) in [4.78, 5) is 27.6. The van der Waals surface area contributed by atoms with Crippen molar-refractivity contribution >= 4 is 22.8 Å². The van der Waals surface area contributed by atoms with E-state index in [1.54, 1.807) is 6.92 Å². The van der Waals surface area contributed by atoms with E-state index in [1.165, 1.54) is 31.4 Å². The normalized spacial score (nSPS) is 10.3. The molecule has 0 amide bonds. The molecule has 0 spiro atoms. The van der Waals surface area contributed by atoms with Crippen molar-refractivity contribution < 1.29 is 24.2 Å². The zero-order chi connectivity index (χ0) is 14.7. The van der Waals surface area contributed by atoms with Gasteiger partial charge in [0.05, 0.1) is 24.8 Å². The molecular formula is C14H13NO5. The van der Waals surface area contributed by atoms with Crippen molar-refractivity contribution in [1.29, 1.82) is 0 Å². The summed E-state index contributed by atoms with van der Waals surface area (Å²) in [6.45, 7) is 1.89. The van der Waals surface area contributed by atoms with Crippen LogP contribution in [0.3, 0.4) is 0 Å². The van der Waals surface area contributed by atoms with Crippen molar-refractivity contribution in [3.8, 4) is 5.75 Å². The number of ether oxygens (including phenoxy) is 2. The molecule has 1 aromatic heterocycles. The maximum absolute atomic E-state index is 11.8. The van der Waals surface area contributed by atoms with Crippen molar-refractivity contribution in [3.63, 3.8) is 0 Å². The van der Waals surface area contributed by atoms with Crippen molar-refractivity contribution in [2.45, 2.75) is 6.92 Å². The number of fused-ring (bicyclic) bond motifs is 1. The van der Waals surface area contributed by atoms with Gasteiger partial charge in [-0.05, 0) is 31.2 Å². The van der Waals surface area contributed by atoms with Gasteiger partial charge in [0, 0.05) is 5.39 Å². The van der Waals surface area contributed by atoms with Crippen LogP contribution in [0.5, 0.6) is 5.75 Å². The highest BCUT2D eigenvalue weighted by Gasteiger charge is 2.18. The van der Waals surface area contributed by atoms with Gasteiger partial charge in [-0.25, -0.2) is 14.6 Å². The first-order valence-corrected chi connectivity index (χ1v) is 5.96. The maximum atomic E-state index is 11.8. The second kappa shape index (κ2) is 5.56. The molecule has 104 valence electrons. The van der Waals surface area contributed by atoms with Gasteiger partial charge >= 0.3 is 11.9 Å². The molecule has 1 aromatic carbocycles. The summed E-state index contributed by atoms with van der Waals surface area (Å²) in [5.41, 5.74) is 0.565. The van der Waals surface area contributed by atoms with E-state index in [1.807, 2.05) is 0 Å². The lowest BCUT2D eigenvalue weighted by atomic mass is 10.1. The van der Waals surface area contributed by atoms with Gasteiger partial charge in [0.2, 0.25) is 0 Å². The molecule has 6 heteroatoms. The smallest absolute Gasteiger partial charge is 0.356 e. The Bertz CT molecular complexity index is 681. The number of esters is 2. The van der Waals surface area contributed by atoms with Gasteiger partial charge in [0.15, 0.2) is 0 Å². The summed E-state index contributed by atoms with van der Waals surface area (Å²) in [5, 5.41) is 9.91. The number of rotatable bonds is 3. The van der Waals surface area contributed by atoms with E-state index < -0.39 is 11.9 Å². The van der Waals surface area contributed by atoms with E-state index in [4.69, 9.17) is 4.74 Å². The first-order valence-electron chi connectivity index (χ1n) is 5.96. The van der Waals surface area contributed by atoms with Gasteiger partial charge in [0.25, 0.3) is 0 Å². The molecule has 0 aliphatic carbocycles. The lowest BCUT2D eigenvalue weighted by Gasteiger charge is -2.08. The average molecular weight is 275 g/mol. The predicted octanol–water partition coefficient (Wildman–Crippen LogP) is 1.90. The van der Waals surface area contributed by atoms with Gasteiger partial charge in [-0.1, -0.05) is 0 Å². The molecular weight excluding hydrogens is 262 g/mol. The molecule has 1 heterocycles. The van der Waals surface area contributed by atoms with Crippen molar-refractivity contribution in [2.75, 3.05) is 13.7 Å².